The lowest BCUT2D eigenvalue weighted by atomic mass is 10.0. The highest BCUT2D eigenvalue weighted by atomic mass is 16.4. The SMILES string of the molecule is CC(C)C[C@H](NC(=O)[C@@H]1CCCN1C(=O)[C@@H](NC(=O)[C@@H](N)CO)C(C)C)C(=O)NCC(=O)N[C@@H](CO)C(=O)N[C@@H](C)C(=O)N[C@H](C(=O)O)C(C)C. The molecule has 0 unspecified atom stereocenters. The fraction of sp³-hybridized carbons (Fsp3) is 0.750. The molecule has 1 rings (SSSR count). The first-order valence-corrected chi connectivity index (χ1v) is 17.0. The van der Waals surface area contributed by atoms with Crippen LogP contribution in [0.2, 0.25) is 0 Å². The van der Waals surface area contributed by atoms with Crippen LogP contribution in [-0.2, 0) is 38.4 Å². The number of likely N-dealkylation sites (tertiary alicyclic amines) is 1. The van der Waals surface area contributed by atoms with Crippen molar-refractivity contribution >= 4 is 47.3 Å². The first kappa shape index (κ1) is 44.7. The Balaban J connectivity index is 2.88. The molecule has 0 aromatic heterocycles. The van der Waals surface area contributed by atoms with Crippen molar-refractivity contribution in [3.8, 4) is 0 Å². The van der Waals surface area contributed by atoms with Gasteiger partial charge < -0.3 is 57.9 Å². The maximum absolute atomic E-state index is 13.5. The van der Waals surface area contributed by atoms with E-state index in [0.717, 1.165) is 0 Å². The summed E-state index contributed by atoms with van der Waals surface area (Å²) in [7, 11) is 0. The number of amides is 7. The fourth-order valence-electron chi connectivity index (χ4n) is 5.21. The molecule has 1 fully saturated rings. The number of nitrogens with two attached hydrogens (primary N) is 1. The van der Waals surface area contributed by atoms with E-state index < -0.39 is 115 Å². The maximum atomic E-state index is 13.5. The highest BCUT2D eigenvalue weighted by Crippen LogP contribution is 2.21. The van der Waals surface area contributed by atoms with E-state index in [0.29, 0.717) is 12.8 Å². The molecule has 19 nitrogen and oxygen atoms in total. The third-order valence-corrected chi connectivity index (χ3v) is 8.18. The molecule has 0 spiro atoms. The van der Waals surface area contributed by atoms with Gasteiger partial charge in [-0.1, -0.05) is 41.5 Å². The predicted octanol–water partition coefficient (Wildman–Crippen LogP) is -3.71. The number of nitrogens with zero attached hydrogens (tertiary/aromatic N) is 1. The normalized spacial score (nSPS) is 17.8. The lowest BCUT2D eigenvalue weighted by molar-refractivity contribution is -0.143. The summed E-state index contributed by atoms with van der Waals surface area (Å²) in [5, 5.41) is 42.7. The lowest BCUT2D eigenvalue weighted by Gasteiger charge is -2.31. The Morgan fingerprint density at radius 1 is 0.725 bits per heavy atom. The lowest BCUT2D eigenvalue weighted by Crippen LogP contribution is -2.59. The van der Waals surface area contributed by atoms with E-state index in [2.05, 4.69) is 31.9 Å². The molecule has 0 bridgehead atoms. The number of carbonyl (C=O) groups excluding carboxylic acids is 7. The van der Waals surface area contributed by atoms with Crippen LogP contribution >= 0.6 is 0 Å². The molecule has 1 saturated heterocycles. The molecule has 51 heavy (non-hydrogen) atoms. The van der Waals surface area contributed by atoms with Crippen molar-refractivity contribution in [2.45, 2.75) is 110 Å². The number of carboxylic acids is 1. The molecular formula is C32H56N8O11. The van der Waals surface area contributed by atoms with Crippen LogP contribution in [0, 0.1) is 17.8 Å². The molecule has 19 heteroatoms. The zero-order valence-electron chi connectivity index (χ0n) is 30.4. The molecule has 1 aliphatic heterocycles. The topological polar surface area (TPSA) is 299 Å². The van der Waals surface area contributed by atoms with E-state index in [9.17, 15) is 53.7 Å². The summed E-state index contributed by atoms with van der Waals surface area (Å²) in [5.41, 5.74) is 5.59. The number of hydrogen-bond donors (Lipinski definition) is 10. The summed E-state index contributed by atoms with van der Waals surface area (Å²) in [6.45, 7) is 9.63. The van der Waals surface area contributed by atoms with Gasteiger partial charge in [-0.3, -0.25) is 33.6 Å². The first-order valence-electron chi connectivity index (χ1n) is 17.0. The summed E-state index contributed by atoms with van der Waals surface area (Å²) in [4.78, 5) is 103. The Morgan fingerprint density at radius 3 is 1.82 bits per heavy atom. The van der Waals surface area contributed by atoms with E-state index in [4.69, 9.17) is 5.73 Å². The van der Waals surface area contributed by atoms with Gasteiger partial charge in [0.1, 0.15) is 42.3 Å². The molecule has 0 aromatic rings. The van der Waals surface area contributed by atoms with Crippen molar-refractivity contribution in [3.05, 3.63) is 0 Å². The zero-order chi connectivity index (χ0) is 39.2. The Labute approximate surface area is 297 Å². The average Bonchev–Trinajstić information content (AvgIpc) is 3.55. The minimum atomic E-state index is -1.51. The van der Waals surface area contributed by atoms with Gasteiger partial charge in [0.05, 0.1) is 19.8 Å². The second-order valence-corrected chi connectivity index (χ2v) is 13.7. The quantitative estimate of drug-likeness (QED) is 0.0579. The molecule has 0 saturated carbocycles. The molecule has 1 aliphatic rings. The van der Waals surface area contributed by atoms with Gasteiger partial charge in [-0.15, -0.1) is 0 Å². The number of aliphatic hydroxyl groups is 2. The van der Waals surface area contributed by atoms with Crippen molar-refractivity contribution < 1.29 is 53.7 Å². The smallest absolute Gasteiger partial charge is 0.326 e. The van der Waals surface area contributed by atoms with Gasteiger partial charge in [0.15, 0.2) is 0 Å². The van der Waals surface area contributed by atoms with Gasteiger partial charge >= 0.3 is 5.97 Å². The number of aliphatic carboxylic acids is 1. The minimum absolute atomic E-state index is 0.0829. The largest absolute Gasteiger partial charge is 0.480 e. The highest BCUT2D eigenvalue weighted by Gasteiger charge is 2.40. The van der Waals surface area contributed by atoms with Crippen LogP contribution in [0.1, 0.15) is 67.7 Å². The minimum Gasteiger partial charge on any atom is -0.480 e. The van der Waals surface area contributed by atoms with E-state index >= 15 is 0 Å². The highest BCUT2D eigenvalue weighted by molar-refractivity contribution is 5.97. The molecule has 7 atom stereocenters. The first-order chi connectivity index (χ1) is 23.7. The van der Waals surface area contributed by atoms with Crippen LogP contribution in [0.3, 0.4) is 0 Å². The van der Waals surface area contributed by atoms with Crippen LogP contribution in [0.5, 0.6) is 0 Å². The Hall–Kier alpha value is -4.36. The number of carbonyl (C=O) groups is 8. The van der Waals surface area contributed by atoms with Gasteiger partial charge in [-0.25, -0.2) is 4.79 Å². The summed E-state index contributed by atoms with van der Waals surface area (Å²) >= 11 is 0. The number of carboxylic acid groups (broad SMARTS) is 1. The van der Waals surface area contributed by atoms with Crippen LogP contribution < -0.4 is 37.6 Å². The van der Waals surface area contributed by atoms with E-state index in [1.807, 2.05) is 13.8 Å². The molecule has 0 aromatic carbocycles. The molecular weight excluding hydrogens is 672 g/mol. The molecule has 11 N–H and O–H groups in total. The third kappa shape index (κ3) is 14.1. The molecule has 7 amide bonds. The van der Waals surface area contributed by atoms with Crippen molar-refractivity contribution in [1.82, 2.24) is 36.8 Å². The summed E-state index contributed by atoms with van der Waals surface area (Å²) in [6.07, 6.45) is 0.961. The summed E-state index contributed by atoms with van der Waals surface area (Å²) in [6, 6.07) is -8.23. The standard InChI is InChI=1S/C32H56N8O11/c1-15(2)11-20(37-30(48)22-9-8-10-40(22)31(49)24(16(3)4)38-27(45)19(33)13-41)28(46)34-12-23(43)36-21(14-42)29(47)35-18(7)26(44)39-25(17(5)6)32(50)51/h15-22,24-25,41-42H,8-14,33H2,1-7H3,(H,34,46)(H,35,47)(H,36,43)(H,37,48)(H,38,45)(H,39,44)(H,50,51)/t18-,19-,20-,21-,22-,24-,25-/m0/s1. The van der Waals surface area contributed by atoms with Crippen LogP contribution in [0.15, 0.2) is 0 Å². The van der Waals surface area contributed by atoms with Crippen LogP contribution in [-0.4, -0.2) is 136 Å². The van der Waals surface area contributed by atoms with Crippen molar-refractivity contribution in [2.24, 2.45) is 23.5 Å². The zero-order valence-corrected chi connectivity index (χ0v) is 30.4. The number of rotatable bonds is 20. The Bertz CT molecular complexity index is 1260. The average molecular weight is 729 g/mol. The molecule has 290 valence electrons. The molecule has 0 aliphatic carbocycles. The third-order valence-electron chi connectivity index (χ3n) is 8.18. The Kier molecular flexibility index (Phi) is 18.5. The Morgan fingerprint density at radius 2 is 1.31 bits per heavy atom. The summed E-state index contributed by atoms with van der Waals surface area (Å²) in [5.74, 6) is -7.31. The van der Waals surface area contributed by atoms with Crippen molar-refractivity contribution in [2.75, 3.05) is 26.3 Å². The number of aliphatic hydroxyl groups excluding tert-OH is 2. The second-order valence-electron chi connectivity index (χ2n) is 13.7. The fourth-order valence-corrected chi connectivity index (χ4v) is 5.21. The van der Waals surface area contributed by atoms with Gasteiger partial charge in [-0.2, -0.15) is 0 Å². The van der Waals surface area contributed by atoms with Gasteiger partial charge in [0, 0.05) is 6.54 Å². The van der Waals surface area contributed by atoms with Crippen molar-refractivity contribution in [1.29, 1.82) is 0 Å². The predicted molar refractivity (Wildman–Crippen MR) is 182 cm³/mol. The number of nitrogens with one attached hydrogen (secondary N) is 6. The maximum Gasteiger partial charge on any atom is 0.326 e. The van der Waals surface area contributed by atoms with E-state index in [-0.39, 0.29) is 24.8 Å². The van der Waals surface area contributed by atoms with Gasteiger partial charge in [0.2, 0.25) is 41.4 Å². The molecule has 0 radical (unpaired) electrons. The molecule has 1 heterocycles. The van der Waals surface area contributed by atoms with Gasteiger partial charge in [-0.05, 0) is 43.9 Å². The summed E-state index contributed by atoms with van der Waals surface area (Å²) < 4.78 is 0. The van der Waals surface area contributed by atoms with Gasteiger partial charge in [0.25, 0.3) is 0 Å². The van der Waals surface area contributed by atoms with Crippen LogP contribution in [0.25, 0.3) is 0 Å². The monoisotopic (exact) mass is 728 g/mol. The van der Waals surface area contributed by atoms with E-state index in [1.165, 1.54) is 11.8 Å². The number of hydrogen-bond acceptors (Lipinski definition) is 11. The second kappa shape index (κ2) is 21.1. The van der Waals surface area contributed by atoms with Crippen molar-refractivity contribution in [3.63, 3.8) is 0 Å². The van der Waals surface area contributed by atoms with Crippen LogP contribution in [0.4, 0.5) is 0 Å². The van der Waals surface area contributed by atoms with E-state index in [1.54, 1.807) is 27.7 Å².